The van der Waals surface area contributed by atoms with Gasteiger partial charge >= 0.3 is 0 Å². The third-order valence-electron chi connectivity index (χ3n) is 3.14. The van der Waals surface area contributed by atoms with Crippen molar-refractivity contribution in [3.05, 3.63) is 39.8 Å². The first-order valence-electron chi connectivity index (χ1n) is 6.53. The van der Waals surface area contributed by atoms with Crippen LogP contribution < -0.4 is 5.32 Å². The Balaban J connectivity index is 2.15. The van der Waals surface area contributed by atoms with Gasteiger partial charge in [-0.05, 0) is 30.5 Å². The molecule has 0 saturated heterocycles. The van der Waals surface area contributed by atoms with E-state index >= 15 is 0 Å². The van der Waals surface area contributed by atoms with E-state index in [0.29, 0.717) is 6.04 Å². The molecule has 2 heterocycles. The van der Waals surface area contributed by atoms with Crippen molar-refractivity contribution in [2.45, 2.75) is 32.7 Å². The highest BCUT2D eigenvalue weighted by molar-refractivity contribution is 7.10. The largest absolute Gasteiger partial charge is 0.309 e. The molecule has 0 saturated carbocycles. The fourth-order valence-corrected chi connectivity index (χ4v) is 2.96. The van der Waals surface area contributed by atoms with Gasteiger partial charge in [0.2, 0.25) is 0 Å². The number of hydrogen-bond donors (Lipinski definition) is 1. The fraction of sp³-hybridized carbons (Fsp3) is 0.500. The number of hydrogen-bond acceptors (Lipinski definition) is 3. The van der Waals surface area contributed by atoms with Crippen LogP contribution in [-0.4, -0.2) is 16.3 Å². The molecule has 0 aliphatic heterocycles. The lowest BCUT2D eigenvalue weighted by molar-refractivity contribution is 0.536. The minimum atomic E-state index is 0.398. The van der Waals surface area contributed by atoms with Gasteiger partial charge in [-0.2, -0.15) is 5.10 Å². The molecule has 2 aromatic heterocycles. The van der Waals surface area contributed by atoms with Gasteiger partial charge in [-0.15, -0.1) is 11.3 Å². The Hall–Kier alpha value is -1.13. The highest BCUT2D eigenvalue weighted by atomic mass is 32.1. The van der Waals surface area contributed by atoms with Gasteiger partial charge in [-0.3, -0.25) is 4.68 Å². The smallest absolute Gasteiger partial charge is 0.0624 e. The van der Waals surface area contributed by atoms with Gasteiger partial charge in [0.15, 0.2) is 0 Å². The first-order chi connectivity index (χ1) is 8.74. The molecule has 3 nitrogen and oxygen atoms in total. The van der Waals surface area contributed by atoms with E-state index in [0.717, 1.165) is 19.4 Å². The topological polar surface area (TPSA) is 29.9 Å². The van der Waals surface area contributed by atoms with Crippen LogP contribution in [0.5, 0.6) is 0 Å². The highest BCUT2D eigenvalue weighted by Crippen LogP contribution is 2.23. The van der Waals surface area contributed by atoms with E-state index in [4.69, 9.17) is 0 Å². The molecule has 2 rings (SSSR count). The summed E-state index contributed by atoms with van der Waals surface area (Å²) >= 11 is 1.82. The zero-order chi connectivity index (χ0) is 13.0. The second kappa shape index (κ2) is 6.16. The third-order valence-corrected chi connectivity index (χ3v) is 4.13. The number of aryl methyl sites for hydroxylation is 2. The molecule has 0 bridgehead atoms. The molecule has 2 aromatic rings. The van der Waals surface area contributed by atoms with E-state index in [1.165, 1.54) is 16.3 Å². The van der Waals surface area contributed by atoms with Gasteiger partial charge in [0, 0.05) is 30.1 Å². The second-order valence-electron chi connectivity index (χ2n) is 4.43. The molecule has 98 valence electrons. The molecule has 0 radical (unpaired) electrons. The minimum Gasteiger partial charge on any atom is -0.309 e. The normalized spacial score (nSPS) is 12.8. The number of likely N-dealkylation sites (N-methyl/N-ethyl adjacent to an activating group) is 1. The molecule has 1 N–H and O–H groups in total. The molecule has 0 spiro atoms. The molecule has 0 aliphatic rings. The quantitative estimate of drug-likeness (QED) is 0.868. The molecular weight excluding hydrogens is 242 g/mol. The Bertz CT molecular complexity index is 473. The number of rotatable bonds is 6. The van der Waals surface area contributed by atoms with Crippen LogP contribution in [0.1, 0.15) is 36.2 Å². The Labute approximate surface area is 113 Å². The predicted molar refractivity (Wildman–Crippen MR) is 77.0 cm³/mol. The summed E-state index contributed by atoms with van der Waals surface area (Å²) in [6, 6.07) is 6.94. The van der Waals surface area contributed by atoms with Gasteiger partial charge in [0.05, 0.1) is 5.69 Å². The van der Waals surface area contributed by atoms with Crippen LogP contribution in [0.2, 0.25) is 0 Å². The Morgan fingerprint density at radius 2 is 2.28 bits per heavy atom. The predicted octanol–water partition coefficient (Wildman–Crippen LogP) is 2.94. The standard InChI is InChI=1S/C14H21N3S/c1-4-11-9-12(17(3)16-11)10-13(15-5-2)14-7-6-8-18-14/h6-9,13,15H,4-5,10H2,1-3H3. The molecular formula is C14H21N3S. The van der Waals surface area contributed by atoms with E-state index in [2.05, 4.69) is 47.8 Å². The zero-order valence-electron chi connectivity index (χ0n) is 11.3. The van der Waals surface area contributed by atoms with Crippen molar-refractivity contribution >= 4 is 11.3 Å². The van der Waals surface area contributed by atoms with Crippen molar-refractivity contribution in [2.75, 3.05) is 6.54 Å². The molecule has 1 atom stereocenters. The van der Waals surface area contributed by atoms with E-state index in [1.807, 2.05) is 23.1 Å². The summed E-state index contributed by atoms with van der Waals surface area (Å²) in [5.74, 6) is 0. The van der Waals surface area contributed by atoms with Gasteiger partial charge in [0.25, 0.3) is 0 Å². The van der Waals surface area contributed by atoms with Crippen molar-refractivity contribution in [1.82, 2.24) is 15.1 Å². The maximum atomic E-state index is 4.52. The molecule has 18 heavy (non-hydrogen) atoms. The van der Waals surface area contributed by atoms with Crippen LogP contribution in [0, 0.1) is 0 Å². The van der Waals surface area contributed by atoms with E-state index < -0.39 is 0 Å². The summed E-state index contributed by atoms with van der Waals surface area (Å²) in [5, 5.41) is 10.2. The maximum Gasteiger partial charge on any atom is 0.0624 e. The van der Waals surface area contributed by atoms with Crippen molar-refractivity contribution in [2.24, 2.45) is 7.05 Å². The second-order valence-corrected chi connectivity index (χ2v) is 5.41. The molecule has 1 unspecified atom stereocenters. The average Bonchev–Trinajstić information content (AvgIpc) is 2.99. The highest BCUT2D eigenvalue weighted by Gasteiger charge is 2.15. The van der Waals surface area contributed by atoms with E-state index in [1.54, 1.807) is 0 Å². The summed E-state index contributed by atoms with van der Waals surface area (Å²) in [5.41, 5.74) is 2.47. The van der Waals surface area contributed by atoms with Crippen molar-refractivity contribution in [1.29, 1.82) is 0 Å². The fourth-order valence-electron chi connectivity index (χ4n) is 2.15. The summed E-state index contributed by atoms with van der Waals surface area (Å²) in [6.45, 7) is 5.29. The lowest BCUT2D eigenvalue weighted by Crippen LogP contribution is -2.23. The number of nitrogens with zero attached hydrogens (tertiary/aromatic N) is 2. The summed E-state index contributed by atoms with van der Waals surface area (Å²) in [7, 11) is 2.03. The lowest BCUT2D eigenvalue weighted by atomic mass is 10.1. The van der Waals surface area contributed by atoms with Crippen LogP contribution >= 0.6 is 11.3 Å². The van der Waals surface area contributed by atoms with Crippen LogP contribution in [0.3, 0.4) is 0 Å². The molecule has 0 fully saturated rings. The zero-order valence-corrected chi connectivity index (χ0v) is 12.1. The molecule has 0 aliphatic carbocycles. The van der Waals surface area contributed by atoms with Crippen molar-refractivity contribution in [3.63, 3.8) is 0 Å². The SMILES string of the molecule is CCNC(Cc1cc(CC)nn1C)c1cccs1. The Morgan fingerprint density at radius 3 is 2.83 bits per heavy atom. The van der Waals surface area contributed by atoms with Crippen molar-refractivity contribution < 1.29 is 0 Å². The first-order valence-corrected chi connectivity index (χ1v) is 7.41. The number of aromatic nitrogens is 2. The monoisotopic (exact) mass is 263 g/mol. The van der Waals surface area contributed by atoms with Gasteiger partial charge in [-0.25, -0.2) is 0 Å². The van der Waals surface area contributed by atoms with Crippen molar-refractivity contribution in [3.8, 4) is 0 Å². The van der Waals surface area contributed by atoms with E-state index in [-0.39, 0.29) is 0 Å². The molecule has 4 heteroatoms. The molecule has 0 aromatic carbocycles. The van der Waals surface area contributed by atoms with Gasteiger partial charge < -0.3 is 5.32 Å². The Morgan fingerprint density at radius 1 is 1.44 bits per heavy atom. The average molecular weight is 263 g/mol. The van der Waals surface area contributed by atoms with Crippen LogP contribution in [-0.2, 0) is 19.9 Å². The molecule has 0 amide bonds. The number of thiophene rings is 1. The van der Waals surface area contributed by atoms with Gasteiger partial charge in [-0.1, -0.05) is 19.9 Å². The van der Waals surface area contributed by atoms with Crippen LogP contribution in [0.25, 0.3) is 0 Å². The van der Waals surface area contributed by atoms with Crippen LogP contribution in [0.15, 0.2) is 23.6 Å². The van der Waals surface area contributed by atoms with E-state index in [9.17, 15) is 0 Å². The Kier molecular flexibility index (Phi) is 4.55. The third kappa shape index (κ3) is 3.00. The first kappa shape index (κ1) is 13.3. The van der Waals surface area contributed by atoms with Crippen LogP contribution in [0.4, 0.5) is 0 Å². The van der Waals surface area contributed by atoms with Gasteiger partial charge in [0.1, 0.15) is 0 Å². The maximum absolute atomic E-state index is 4.52. The number of nitrogens with one attached hydrogen (secondary N) is 1. The summed E-state index contributed by atoms with van der Waals surface area (Å²) < 4.78 is 2.01. The summed E-state index contributed by atoms with van der Waals surface area (Å²) in [6.07, 6.45) is 2.00. The summed E-state index contributed by atoms with van der Waals surface area (Å²) in [4.78, 5) is 1.40. The minimum absolute atomic E-state index is 0.398. The lowest BCUT2D eigenvalue weighted by Gasteiger charge is -2.16.